The molecule has 12 heavy (non-hydrogen) atoms. The van der Waals surface area contributed by atoms with Crippen molar-refractivity contribution in [3.05, 3.63) is 35.7 Å². The molecule has 0 spiro atoms. The monoisotopic (exact) mass is 230 g/mol. The molecule has 0 saturated carbocycles. The molecule has 0 radical (unpaired) electrons. The molecule has 64 valence electrons. The molecule has 0 heterocycles. The normalized spacial score (nSPS) is 10.8. The molecule has 0 aromatic heterocycles. The number of aromatic hydroxyl groups is 1. The number of benzene rings is 1. The fourth-order valence-corrected chi connectivity index (χ4v) is 1.01. The molecule has 1 N–H and O–H groups in total. The van der Waals surface area contributed by atoms with Crippen LogP contribution >= 0.6 is 15.9 Å². The maximum atomic E-state index is 12.9. The van der Waals surface area contributed by atoms with Gasteiger partial charge in [-0.2, -0.15) is 0 Å². The van der Waals surface area contributed by atoms with Gasteiger partial charge in [0.05, 0.1) is 0 Å². The summed E-state index contributed by atoms with van der Waals surface area (Å²) in [5.41, 5.74) is 0.479. The highest BCUT2D eigenvalue weighted by Crippen LogP contribution is 2.15. The molecule has 0 atom stereocenters. The van der Waals surface area contributed by atoms with Crippen LogP contribution in [0.2, 0.25) is 0 Å². The largest absolute Gasteiger partial charge is 0.508 e. The van der Waals surface area contributed by atoms with E-state index in [1.54, 1.807) is 12.2 Å². The van der Waals surface area contributed by atoms with Crippen LogP contribution in [0.4, 0.5) is 4.39 Å². The Morgan fingerprint density at radius 1 is 1.50 bits per heavy atom. The molecule has 3 heteroatoms. The van der Waals surface area contributed by atoms with Crippen LogP contribution in [0.25, 0.3) is 6.08 Å². The number of phenolic OH excluding ortho intramolecular Hbond substituents is 1. The van der Waals surface area contributed by atoms with Crippen molar-refractivity contribution >= 4 is 22.0 Å². The number of allylic oxidation sites excluding steroid dienone is 1. The van der Waals surface area contributed by atoms with Crippen molar-refractivity contribution in [2.24, 2.45) is 0 Å². The average Bonchev–Trinajstić information content (AvgIpc) is 2.03. The number of hydrogen-bond donors (Lipinski definition) is 1. The molecule has 1 rings (SSSR count). The number of phenols is 1. The van der Waals surface area contributed by atoms with Crippen LogP contribution in [0.5, 0.6) is 5.75 Å². The molecule has 0 fully saturated rings. The first kappa shape index (κ1) is 9.26. The second kappa shape index (κ2) is 4.26. The van der Waals surface area contributed by atoms with Crippen LogP contribution < -0.4 is 0 Å². The molecule has 1 aromatic rings. The Balaban J connectivity index is 2.94. The predicted octanol–water partition coefficient (Wildman–Crippen LogP) is 2.94. The quantitative estimate of drug-likeness (QED) is 0.776. The zero-order chi connectivity index (χ0) is 8.97. The first-order valence-corrected chi connectivity index (χ1v) is 4.57. The number of alkyl halides is 1. The second-order valence-corrected chi connectivity index (χ2v) is 2.91. The lowest BCUT2D eigenvalue weighted by molar-refractivity contribution is 0.469. The third kappa shape index (κ3) is 2.34. The van der Waals surface area contributed by atoms with Gasteiger partial charge in [-0.05, 0) is 12.1 Å². The third-order valence-corrected chi connectivity index (χ3v) is 1.74. The fraction of sp³-hybridized carbons (Fsp3) is 0.111. The van der Waals surface area contributed by atoms with Crippen LogP contribution in [-0.2, 0) is 0 Å². The Bertz CT molecular complexity index is 297. The first-order valence-electron chi connectivity index (χ1n) is 3.45. The van der Waals surface area contributed by atoms with E-state index in [-0.39, 0.29) is 5.75 Å². The highest BCUT2D eigenvalue weighted by molar-refractivity contribution is 9.09. The third-order valence-electron chi connectivity index (χ3n) is 1.37. The summed E-state index contributed by atoms with van der Waals surface area (Å²) >= 11 is 3.19. The van der Waals surface area contributed by atoms with Gasteiger partial charge in [-0.25, -0.2) is 4.39 Å². The SMILES string of the molecule is Oc1ccc(C=CCBr)c(F)c1. The number of hydrogen-bond acceptors (Lipinski definition) is 1. The molecule has 1 aromatic carbocycles. The molecule has 0 saturated heterocycles. The van der Waals surface area contributed by atoms with E-state index in [0.29, 0.717) is 10.9 Å². The number of halogens is 2. The summed E-state index contributed by atoms with van der Waals surface area (Å²) in [4.78, 5) is 0. The fourth-order valence-electron chi connectivity index (χ4n) is 0.823. The Morgan fingerprint density at radius 2 is 2.25 bits per heavy atom. The van der Waals surface area contributed by atoms with Gasteiger partial charge in [-0.3, -0.25) is 0 Å². The summed E-state index contributed by atoms with van der Waals surface area (Å²) in [6.07, 6.45) is 3.44. The van der Waals surface area contributed by atoms with Crippen molar-refractivity contribution < 1.29 is 9.50 Å². The zero-order valence-corrected chi connectivity index (χ0v) is 7.88. The summed E-state index contributed by atoms with van der Waals surface area (Å²) in [5, 5.41) is 9.58. The van der Waals surface area contributed by atoms with Gasteiger partial charge in [0.15, 0.2) is 0 Å². The highest BCUT2D eigenvalue weighted by Gasteiger charge is 1.98. The molecule has 0 amide bonds. The lowest BCUT2D eigenvalue weighted by Gasteiger charge is -1.96. The van der Waals surface area contributed by atoms with Crippen molar-refractivity contribution in [3.8, 4) is 5.75 Å². The summed E-state index contributed by atoms with van der Waals surface area (Å²) in [6.45, 7) is 0. The first-order chi connectivity index (χ1) is 5.74. The van der Waals surface area contributed by atoms with Crippen molar-refractivity contribution in [1.82, 2.24) is 0 Å². The Hall–Kier alpha value is -0.830. The van der Waals surface area contributed by atoms with E-state index in [2.05, 4.69) is 15.9 Å². The van der Waals surface area contributed by atoms with Gasteiger partial charge in [-0.15, -0.1) is 0 Å². The predicted molar refractivity (Wildman–Crippen MR) is 50.9 cm³/mol. The van der Waals surface area contributed by atoms with E-state index in [1.807, 2.05) is 0 Å². The standard InChI is InChI=1S/C9H8BrFO/c10-5-1-2-7-3-4-8(12)6-9(7)11/h1-4,6,12H,5H2. The molecular formula is C9H8BrFO. The summed E-state index contributed by atoms with van der Waals surface area (Å²) in [7, 11) is 0. The van der Waals surface area contributed by atoms with Crippen LogP contribution in [0, 0.1) is 5.82 Å². The van der Waals surface area contributed by atoms with Gasteiger partial charge >= 0.3 is 0 Å². The zero-order valence-electron chi connectivity index (χ0n) is 6.30. The number of rotatable bonds is 2. The molecule has 0 bridgehead atoms. The van der Waals surface area contributed by atoms with E-state index in [0.717, 1.165) is 6.07 Å². The second-order valence-electron chi connectivity index (χ2n) is 2.26. The van der Waals surface area contributed by atoms with E-state index < -0.39 is 5.82 Å². The molecule has 1 nitrogen and oxygen atoms in total. The summed E-state index contributed by atoms with van der Waals surface area (Å²) < 4.78 is 12.9. The van der Waals surface area contributed by atoms with Crippen molar-refractivity contribution in [2.45, 2.75) is 0 Å². The lowest BCUT2D eigenvalue weighted by atomic mass is 10.2. The maximum Gasteiger partial charge on any atom is 0.134 e. The van der Waals surface area contributed by atoms with Gasteiger partial charge in [0.2, 0.25) is 0 Å². The molecule has 0 aliphatic carbocycles. The van der Waals surface area contributed by atoms with Crippen molar-refractivity contribution in [1.29, 1.82) is 0 Å². The van der Waals surface area contributed by atoms with E-state index >= 15 is 0 Å². The van der Waals surface area contributed by atoms with E-state index in [4.69, 9.17) is 5.11 Å². The minimum atomic E-state index is -0.410. The van der Waals surface area contributed by atoms with Gasteiger partial charge in [0, 0.05) is 17.0 Å². The van der Waals surface area contributed by atoms with Crippen LogP contribution in [0.3, 0.4) is 0 Å². The Labute approximate surface area is 78.7 Å². The Morgan fingerprint density at radius 3 is 2.83 bits per heavy atom. The topological polar surface area (TPSA) is 20.2 Å². The molecular weight excluding hydrogens is 223 g/mol. The molecule has 0 unspecified atom stereocenters. The van der Waals surface area contributed by atoms with E-state index in [1.165, 1.54) is 12.1 Å². The van der Waals surface area contributed by atoms with Gasteiger partial charge in [-0.1, -0.05) is 28.1 Å². The maximum absolute atomic E-state index is 12.9. The van der Waals surface area contributed by atoms with Gasteiger partial charge < -0.3 is 5.11 Å². The lowest BCUT2D eigenvalue weighted by Crippen LogP contribution is -1.80. The highest BCUT2D eigenvalue weighted by atomic mass is 79.9. The average molecular weight is 231 g/mol. The smallest absolute Gasteiger partial charge is 0.134 e. The van der Waals surface area contributed by atoms with Crippen LogP contribution in [0.1, 0.15) is 5.56 Å². The summed E-state index contributed by atoms with van der Waals surface area (Å²) in [5.74, 6) is -0.462. The minimum absolute atomic E-state index is 0.0523. The van der Waals surface area contributed by atoms with Crippen molar-refractivity contribution in [3.63, 3.8) is 0 Å². The van der Waals surface area contributed by atoms with Crippen LogP contribution in [-0.4, -0.2) is 10.4 Å². The Kier molecular flexibility index (Phi) is 3.29. The molecule has 0 aliphatic heterocycles. The van der Waals surface area contributed by atoms with Gasteiger partial charge in [0.1, 0.15) is 11.6 Å². The van der Waals surface area contributed by atoms with Crippen molar-refractivity contribution in [2.75, 3.05) is 5.33 Å². The molecule has 0 aliphatic rings. The summed E-state index contributed by atoms with van der Waals surface area (Å²) in [6, 6.07) is 4.08. The van der Waals surface area contributed by atoms with Crippen LogP contribution in [0.15, 0.2) is 24.3 Å². The van der Waals surface area contributed by atoms with E-state index in [9.17, 15) is 4.39 Å². The van der Waals surface area contributed by atoms with Gasteiger partial charge in [0.25, 0.3) is 0 Å². The minimum Gasteiger partial charge on any atom is -0.508 e.